The zero-order valence-corrected chi connectivity index (χ0v) is 11.5. The summed E-state index contributed by atoms with van der Waals surface area (Å²) in [5.74, 6) is -0.320. The van der Waals surface area contributed by atoms with Crippen molar-refractivity contribution in [3.63, 3.8) is 0 Å². The molecule has 1 aromatic rings. The summed E-state index contributed by atoms with van der Waals surface area (Å²) >= 11 is 5.37. The molecular weight excluding hydrogens is 266 g/mol. The van der Waals surface area contributed by atoms with Crippen LogP contribution in [0.5, 0.6) is 0 Å². The summed E-state index contributed by atoms with van der Waals surface area (Å²) in [6.07, 6.45) is 1.15. The van der Waals surface area contributed by atoms with E-state index < -0.39 is 15.9 Å². The third-order valence-electron chi connectivity index (χ3n) is 1.74. The molecule has 0 aliphatic rings. The van der Waals surface area contributed by atoms with Crippen molar-refractivity contribution in [2.24, 2.45) is 0 Å². The Morgan fingerprint density at radius 2 is 2.25 bits per heavy atom. The molecule has 90 valence electrons. The van der Waals surface area contributed by atoms with Crippen molar-refractivity contribution in [3.05, 3.63) is 16.3 Å². The number of thiophene rings is 1. The minimum absolute atomic E-state index is 0.0577. The Hall–Kier alpha value is -0.530. The van der Waals surface area contributed by atoms with Gasteiger partial charge < -0.3 is 5.32 Å². The Kier molecular flexibility index (Phi) is 4.40. The number of carbonyl (C=O) groups is 1. The van der Waals surface area contributed by atoms with Crippen LogP contribution in [-0.2, 0) is 9.84 Å². The molecule has 0 bridgehead atoms. The van der Waals surface area contributed by atoms with E-state index >= 15 is 0 Å². The maximum absolute atomic E-state index is 11.6. The van der Waals surface area contributed by atoms with Crippen LogP contribution in [0.2, 0.25) is 0 Å². The van der Waals surface area contributed by atoms with E-state index in [1.165, 1.54) is 11.3 Å². The van der Waals surface area contributed by atoms with Crippen LogP contribution in [0, 0.1) is 0 Å². The molecule has 16 heavy (non-hydrogen) atoms. The molecule has 0 aliphatic heterocycles. The molecule has 0 spiro atoms. The number of amides is 1. The Morgan fingerprint density at radius 1 is 1.62 bits per heavy atom. The number of rotatable bonds is 4. The second-order valence-electron chi connectivity index (χ2n) is 3.64. The van der Waals surface area contributed by atoms with Crippen LogP contribution in [0.15, 0.2) is 16.3 Å². The van der Waals surface area contributed by atoms with E-state index in [4.69, 9.17) is 0 Å². The number of hydrogen-bond donors (Lipinski definition) is 2. The van der Waals surface area contributed by atoms with E-state index in [1.54, 1.807) is 18.4 Å². The molecule has 0 fully saturated rings. The molecule has 1 N–H and O–H groups in total. The van der Waals surface area contributed by atoms with Gasteiger partial charge in [-0.1, -0.05) is 0 Å². The van der Waals surface area contributed by atoms with Crippen LogP contribution >= 0.6 is 24.0 Å². The summed E-state index contributed by atoms with van der Waals surface area (Å²) in [5.41, 5.74) is 0. The summed E-state index contributed by atoms with van der Waals surface area (Å²) in [4.78, 5) is 12.9. The molecular formula is C9H13NO3S3. The Balaban J connectivity index is 2.58. The van der Waals surface area contributed by atoms with Crippen molar-refractivity contribution in [2.75, 3.05) is 12.0 Å². The van der Waals surface area contributed by atoms with E-state index in [0.717, 1.165) is 11.2 Å². The van der Waals surface area contributed by atoms with Gasteiger partial charge in [0.2, 0.25) is 0 Å². The van der Waals surface area contributed by atoms with Gasteiger partial charge in [0.15, 0.2) is 0 Å². The maximum atomic E-state index is 11.6. The number of sulfone groups is 1. The van der Waals surface area contributed by atoms with Crippen LogP contribution in [0.3, 0.4) is 0 Å². The SMILES string of the molecule is CC(CS(C)(=O)=O)NC(=O)c1cc(S)cs1. The van der Waals surface area contributed by atoms with Crippen LogP contribution in [0.4, 0.5) is 0 Å². The second-order valence-corrected chi connectivity index (χ2v) is 7.25. The minimum Gasteiger partial charge on any atom is -0.348 e. The van der Waals surface area contributed by atoms with E-state index in [9.17, 15) is 13.2 Å². The van der Waals surface area contributed by atoms with Crippen molar-refractivity contribution in [1.29, 1.82) is 0 Å². The molecule has 0 saturated heterocycles. The smallest absolute Gasteiger partial charge is 0.261 e. The molecule has 1 heterocycles. The van der Waals surface area contributed by atoms with E-state index in [1.807, 2.05) is 0 Å². The number of thiol groups is 1. The largest absolute Gasteiger partial charge is 0.348 e. The van der Waals surface area contributed by atoms with Gasteiger partial charge in [-0.25, -0.2) is 8.42 Å². The first kappa shape index (κ1) is 13.5. The predicted octanol–water partition coefficient (Wildman–Crippen LogP) is 1.20. The van der Waals surface area contributed by atoms with E-state index in [-0.39, 0.29) is 11.7 Å². The lowest BCUT2D eigenvalue weighted by Crippen LogP contribution is -2.36. The summed E-state index contributed by atoms with van der Waals surface area (Å²) in [5, 5.41) is 4.37. The Bertz CT molecular complexity index is 478. The molecule has 1 aromatic heterocycles. The highest BCUT2D eigenvalue weighted by Crippen LogP contribution is 2.17. The van der Waals surface area contributed by atoms with Crippen LogP contribution in [0.25, 0.3) is 0 Å². The summed E-state index contributed by atoms with van der Waals surface area (Å²) in [6, 6.07) is 1.25. The molecule has 4 nitrogen and oxygen atoms in total. The highest BCUT2D eigenvalue weighted by Gasteiger charge is 2.15. The first-order valence-electron chi connectivity index (χ1n) is 4.54. The Morgan fingerprint density at radius 3 is 2.69 bits per heavy atom. The lowest BCUT2D eigenvalue weighted by atomic mass is 10.3. The third kappa shape index (κ3) is 4.54. The Labute approximate surface area is 104 Å². The van der Waals surface area contributed by atoms with Gasteiger partial charge in [-0.15, -0.1) is 24.0 Å². The lowest BCUT2D eigenvalue weighted by Gasteiger charge is -2.11. The molecule has 0 radical (unpaired) electrons. The van der Waals surface area contributed by atoms with Crippen molar-refractivity contribution in [1.82, 2.24) is 5.32 Å². The maximum Gasteiger partial charge on any atom is 0.261 e. The second kappa shape index (κ2) is 5.20. The standard InChI is InChI=1S/C9H13NO3S3/c1-6(5-16(2,12)13)10-9(11)8-3-7(14)4-15-8/h3-4,6,14H,5H2,1-2H3,(H,10,11). The first-order chi connectivity index (χ1) is 7.28. The van der Waals surface area contributed by atoms with Gasteiger partial charge >= 0.3 is 0 Å². The van der Waals surface area contributed by atoms with Gasteiger partial charge in [0, 0.05) is 22.6 Å². The molecule has 1 amide bonds. The molecule has 0 aliphatic carbocycles. The topological polar surface area (TPSA) is 63.2 Å². The zero-order valence-electron chi connectivity index (χ0n) is 8.93. The van der Waals surface area contributed by atoms with Crippen molar-refractivity contribution in [2.45, 2.75) is 17.9 Å². The summed E-state index contributed by atoms with van der Waals surface area (Å²) < 4.78 is 22.0. The lowest BCUT2D eigenvalue weighted by molar-refractivity contribution is 0.0947. The zero-order chi connectivity index (χ0) is 12.3. The van der Waals surface area contributed by atoms with Crippen molar-refractivity contribution in [3.8, 4) is 0 Å². The van der Waals surface area contributed by atoms with Gasteiger partial charge in [-0.2, -0.15) is 0 Å². The summed E-state index contributed by atoms with van der Waals surface area (Å²) in [7, 11) is -3.07. The quantitative estimate of drug-likeness (QED) is 0.814. The van der Waals surface area contributed by atoms with Crippen LogP contribution in [0.1, 0.15) is 16.6 Å². The molecule has 0 saturated carbocycles. The highest BCUT2D eigenvalue weighted by atomic mass is 32.2. The number of carbonyl (C=O) groups excluding carboxylic acids is 1. The number of nitrogens with one attached hydrogen (secondary N) is 1. The molecule has 0 aromatic carbocycles. The average Bonchev–Trinajstić information content (AvgIpc) is 2.47. The fourth-order valence-corrected chi connectivity index (χ4v) is 3.28. The fraction of sp³-hybridized carbons (Fsp3) is 0.444. The third-order valence-corrected chi connectivity index (χ3v) is 4.21. The van der Waals surface area contributed by atoms with Crippen molar-refractivity contribution >= 4 is 39.7 Å². The monoisotopic (exact) mass is 279 g/mol. The van der Waals surface area contributed by atoms with Crippen LogP contribution < -0.4 is 5.32 Å². The predicted molar refractivity (Wildman–Crippen MR) is 68.2 cm³/mol. The van der Waals surface area contributed by atoms with Gasteiger partial charge in [-0.05, 0) is 13.0 Å². The van der Waals surface area contributed by atoms with Gasteiger partial charge in [0.25, 0.3) is 5.91 Å². The molecule has 7 heteroatoms. The van der Waals surface area contributed by atoms with Crippen molar-refractivity contribution < 1.29 is 13.2 Å². The van der Waals surface area contributed by atoms with E-state index in [2.05, 4.69) is 17.9 Å². The normalized spacial score (nSPS) is 13.4. The van der Waals surface area contributed by atoms with Gasteiger partial charge in [-0.3, -0.25) is 4.79 Å². The van der Waals surface area contributed by atoms with E-state index in [0.29, 0.717) is 4.88 Å². The van der Waals surface area contributed by atoms with Crippen LogP contribution in [-0.4, -0.2) is 32.4 Å². The number of hydrogen-bond acceptors (Lipinski definition) is 5. The minimum atomic E-state index is -3.07. The molecule has 1 atom stereocenters. The molecule has 1 unspecified atom stereocenters. The van der Waals surface area contributed by atoms with Gasteiger partial charge in [0.1, 0.15) is 9.84 Å². The average molecular weight is 279 g/mol. The highest BCUT2D eigenvalue weighted by molar-refractivity contribution is 7.90. The summed E-state index contributed by atoms with van der Waals surface area (Å²) in [6.45, 7) is 1.66. The van der Waals surface area contributed by atoms with Gasteiger partial charge in [0.05, 0.1) is 10.6 Å². The fourth-order valence-electron chi connectivity index (χ4n) is 1.24. The first-order valence-corrected chi connectivity index (χ1v) is 7.93. The molecule has 1 rings (SSSR count).